The van der Waals surface area contributed by atoms with Crippen molar-refractivity contribution in [2.45, 2.75) is 13.5 Å². The largest absolute Gasteiger partial charge is 0.362 e. The maximum Gasteiger partial charge on any atom is 0.312 e. The first-order chi connectivity index (χ1) is 9.22. The van der Waals surface area contributed by atoms with Crippen LogP contribution >= 0.6 is 0 Å². The smallest absolute Gasteiger partial charge is 0.312 e. The summed E-state index contributed by atoms with van der Waals surface area (Å²) >= 11 is 0. The zero-order valence-electron chi connectivity index (χ0n) is 10.2. The van der Waals surface area contributed by atoms with E-state index in [1.54, 1.807) is 0 Å². The fourth-order valence-electron chi connectivity index (χ4n) is 1.80. The van der Waals surface area contributed by atoms with Crippen LogP contribution in [0.3, 0.4) is 0 Å². The molecule has 3 heterocycles. The minimum atomic E-state index is -0.795. The van der Waals surface area contributed by atoms with Crippen molar-refractivity contribution < 1.29 is 4.39 Å². The molecule has 0 spiro atoms. The molecule has 19 heavy (non-hydrogen) atoms. The number of rotatable bonds is 3. The van der Waals surface area contributed by atoms with Crippen molar-refractivity contribution in [3.05, 3.63) is 42.0 Å². The van der Waals surface area contributed by atoms with E-state index < -0.39 is 6.08 Å². The summed E-state index contributed by atoms with van der Waals surface area (Å²) in [6.45, 7) is 2.36. The number of nitrogens with one attached hydrogen (secondary N) is 2. The number of aromatic nitrogens is 5. The molecule has 3 aromatic heterocycles. The average Bonchev–Trinajstić information content (AvgIpc) is 2.84. The Hall–Kier alpha value is -2.57. The van der Waals surface area contributed by atoms with Crippen LogP contribution in [0.4, 0.5) is 10.2 Å². The monoisotopic (exact) mass is 258 g/mol. The van der Waals surface area contributed by atoms with E-state index in [2.05, 4.69) is 30.2 Å². The zero-order valence-corrected chi connectivity index (χ0v) is 10.2. The molecule has 6 nitrogen and oxygen atoms in total. The molecule has 0 radical (unpaired) electrons. The lowest BCUT2D eigenvalue weighted by Gasteiger charge is -2.06. The average molecular weight is 258 g/mol. The molecule has 3 rings (SSSR count). The SMILES string of the molecule is Cc1cccc(CNc2nc(F)nc3[nH]cnc23)n1. The van der Waals surface area contributed by atoms with Crippen LogP contribution in [0.25, 0.3) is 11.2 Å². The topological polar surface area (TPSA) is 79.4 Å². The van der Waals surface area contributed by atoms with Crippen LogP contribution in [0.5, 0.6) is 0 Å². The second-order valence-electron chi connectivity index (χ2n) is 4.06. The van der Waals surface area contributed by atoms with Crippen molar-refractivity contribution >= 4 is 17.0 Å². The number of hydrogen-bond donors (Lipinski definition) is 2. The van der Waals surface area contributed by atoms with Crippen molar-refractivity contribution in [3.8, 4) is 0 Å². The molecule has 2 N–H and O–H groups in total. The van der Waals surface area contributed by atoms with Gasteiger partial charge in [-0.25, -0.2) is 4.98 Å². The number of anilines is 1. The first-order valence-electron chi connectivity index (χ1n) is 5.75. The molecule has 0 aliphatic carbocycles. The normalized spacial score (nSPS) is 10.8. The zero-order chi connectivity index (χ0) is 13.2. The lowest BCUT2D eigenvalue weighted by molar-refractivity contribution is 0.545. The van der Waals surface area contributed by atoms with Crippen molar-refractivity contribution in [2.75, 3.05) is 5.32 Å². The number of halogens is 1. The van der Waals surface area contributed by atoms with Gasteiger partial charge in [0.15, 0.2) is 11.5 Å². The summed E-state index contributed by atoms with van der Waals surface area (Å²) in [5.74, 6) is 0.354. The highest BCUT2D eigenvalue weighted by atomic mass is 19.1. The summed E-state index contributed by atoms with van der Waals surface area (Å²) in [4.78, 5) is 18.5. The highest BCUT2D eigenvalue weighted by Crippen LogP contribution is 2.16. The van der Waals surface area contributed by atoms with Gasteiger partial charge in [-0.3, -0.25) is 4.98 Å². The summed E-state index contributed by atoms with van der Waals surface area (Å²) in [6.07, 6.45) is 0.658. The first-order valence-corrected chi connectivity index (χ1v) is 5.75. The van der Waals surface area contributed by atoms with Gasteiger partial charge in [-0.05, 0) is 19.1 Å². The van der Waals surface area contributed by atoms with E-state index in [-0.39, 0.29) is 0 Å². The minimum absolute atomic E-state index is 0.354. The predicted octanol–water partition coefficient (Wildman–Crippen LogP) is 1.81. The van der Waals surface area contributed by atoms with E-state index in [9.17, 15) is 4.39 Å². The molecule has 3 aromatic rings. The third-order valence-electron chi connectivity index (χ3n) is 2.63. The highest BCUT2D eigenvalue weighted by molar-refractivity contribution is 5.81. The predicted molar refractivity (Wildman–Crippen MR) is 67.9 cm³/mol. The second kappa shape index (κ2) is 4.60. The fraction of sp³-hybridized carbons (Fsp3) is 0.167. The first kappa shape index (κ1) is 11.5. The molecule has 0 amide bonds. The van der Waals surface area contributed by atoms with E-state index in [0.29, 0.717) is 23.5 Å². The van der Waals surface area contributed by atoms with Gasteiger partial charge < -0.3 is 10.3 Å². The number of fused-ring (bicyclic) bond motifs is 1. The Balaban J connectivity index is 1.87. The number of imidazole rings is 1. The van der Waals surface area contributed by atoms with Crippen LogP contribution in [0.15, 0.2) is 24.5 Å². The number of hydrogen-bond acceptors (Lipinski definition) is 5. The fourth-order valence-corrected chi connectivity index (χ4v) is 1.80. The van der Waals surface area contributed by atoms with Gasteiger partial charge in [-0.2, -0.15) is 14.4 Å². The standard InChI is InChI=1S/C12H11FN6/c1-7-3-2-4-8(17-7)5-14-10-9-11(16-6-15-9)19-12(13)18-10/h2-4,6H,5H2,1H3,(H2,14,15,16,18,19). The molecule has 0 fully saturated rings. The van der Waals surface area contributed by atoms with E-state index >= 15 is 0 Å². The summed E-state index contributed by atoms with van der Waals surface area (Å²) in [5, 5.41) is 3.02. The number of aryl methyl sites for hydroxylation is 1. The Morgan fingerprint density at radius 3 is 3.00 bits per heavy atom. The van der Waals surface area contributed by atoms with Crippen LogP contribution in [0, 0.1) is 13.0 Å². The maximum absolute atomic E-state index is 13.2. The molecule has 0 saturated carbocycles. The lowest BCUT2D eigenvalue weighted by atomic mass is 10.3. The van der Waals surface area contributed by atoms with Gasteiger partial charge in [0.2, 0.25) is 0 Å². The van der Waals surface area contributed by atoms with Gasteiger partial charge >= 0.3 is 6.08 Å². The van der Waals surface area contributed by atoms with E-state index in [0.717, 1.165) is 11.4 Å². The molecular formula is C12H11FN6. The number of aromatic amines is 1. The van der Waals surface area contributed by atoms with E-state index in [1.807, 2.05) is 25.1 Å². The molecular weight excluding hydrogens is 247 g/mol. The van der Waals surface area contributed by atoms with Gasteiger partial charge in [-0.1, -0.05) is 6.07 Å². The second-order valence-corrected chi connectivity index (χ2v) is 4.06. The quantitative estimate of drug-likeness (QED) is 0.700. The van der Waals surface area contributed by atoms with Crippen LogP contribution in [0.1, 0.15) is 11.4 Å². The molecule has 0 atom stereocenters. The Morgan fingerprint density at radius 2 is 2.16 bits per heavy atom. The number of H-pyrrole nitrogens is 1. The summed E-state index contributed by atoms with van der Waals surface area (Å²) in [6, 6.07) is 5.73. The highest BCUT2D eigenvalue weighted by Gasteiger charge is 2.09. The van der Waals surface area contributed by atoms with Gasteiger partial charge in [0.05, 0.1) is 18.6 Å². The Labute approximate surface area is 108 Å². The van der Waals surface area contributed by atoms with Gasteiger partial charge in [-0.15, -0.1) is 0 Å². The molecule has 0 unspecified atom stereocenters. The van der Waals surface area contributed by atoms with Crippen LogP contribution < -0.4 is 5.32 Å². The molecule has 0 saturated heterocycles. The molecule has 96 valence electrons. The maximum atomic E-state index is 13.2. The van der Waals surface area contributed by atoms with Gasteiger partial charge in [0, 0.05) is 5.69 Å². The number of nitrogens with zero attached hydrogens (tertiary/aromatic N) is 4. The van der Waals surface area contributed by atoms with Crippen LogP contribution in [-0.2, 0) is 6.54 Å². The molecule has 0 aromatic carbocycles. The molecule has 0 bridgehead atoms. The third kappa shape index (κ3) is 2.35. The molecule has 0 aliphatic heterocycles. The summed E-state index contributed by atoms with van der Waals surface area (Å²) in [7, 11) is 0. The number of pyridine rings is 1. The summed E-state index contributed by atoms with van der Waals surface area (Å²) in [5.41, 5.74) is 2.65. The molecule has 0 aliphatic rings. The van der Waals surface area contributed by atoms with Crippen molar-refractivity contribution in [1.82, 2.24) is 24.9 Å². The third-order valence-corrected chi connectivity index (χ3v) is 2.63. The summed E-state index contributed by atoms with van der Waals surface area (Å²) < 4.78 is 13.2. The lowest BCUT2D eigenvalue weighted by Crippen LogP contribution is -2.06. The van der Waals surface area contributed by atoms with Crippen molar-refractivity contribution in [2.24, 2.45) is 0 Å². The van der Waals surface area contributed by atoms with E-state index in [4.69, 9.17) is 0 Å². The van der Waals surface area contributed by atoms with Crippen molar-refractivity contribution in [1.29, 1.82) is 0 Å². The van der Waals surface area contributed by atoms with E-state index in [1.165, 1.54) is 6.33 Å². The van der Waals surface area contributed by atoms with Gasteiger partial charge in [0.1, 0.15) is 5.52 Å². The minimum Gasteiger partial charge on any atom is -0.362 e. The Kier molecular flexibility index (Phi) is 2.79. The van der Waals surface area contributed by atoms with Crippen LogP contribution in [0.2, 0.25) is 0 Å². The van der Waals surface area contributed by atoms with Crippen molar-refractivity contribution in [3.63, 3.8) is 0 Å². The molecule has 7 heteroatoms. The van der Waals surface area contributed by atoms with Crippen LogP contribution in [-0.4, -0.2) is 24.9 Å². The Bertz CT molecular complexity index is 723. The Morgan fingerprint density at radius 1 is 1.26 bits per heavy atom. The van der Waals surface area contributed by atoms with Gasteiger partial charge in [0.25, 0.3) is 0 Å².